The average molecular weight is 535 g/mol. The van der Waals surface area contributed by atoms with Crippen molar-refractivity contribution in [2.45, 2.75) is 45.8 Å². The Balaban J connectivity index is 1.53. The van der Waals surface area contributed by atoms with Crippen LogP contribution in [0.15, 0.2) is 48.5 Å². The van der Waals surface area contributed by atoms with E-state index in [-0.39, 0.29) is 25.3 Å². The number of hydrogen-bond donors (Lipinski definition) is 1. The Morgan fingerprint density at radius 1 is 1.08 bits per heavy atom. The normalized spacial score (nSPS) is 20.1. The molecule has 0 aliphatic carbocycles. The van der Waals surface area contributed by atoms with Gasteiger partial charge in [-0.05, 0) is 65.9 Å². The van der Waals surface area contributed by atoms with Crippen molar-refractivity contribution in [3.8, 4) is 11.5 Å². The summed E-state index contributed by atoms with van der Waals surface area (Å²) >= 11 is 0. The molecule has 2 atom stereocenters. The van der Waals surface area contributed by atoms with Crippen LogP contribution in [0, 0.1) is 13.8 Å². The second-order valence-corrected chi connectivity index (χ2v) is 11.3. The Kier molecular flexibility index (Phi) is 5.84. The zero-order valence-electron chi connectivity index (χ0n) is 20.9. The number of carbonyl (C=O) groups is 1. The van der Waals surface area contributed by atoms with E-state index in [2.05, 4.69) is 10.3 Å². The van der Waals surface area contributed by atoms with Gasteiger partial charge in [-0.1, -0.05) is 29.5 Å². The van der Waals surface area contributed by atoms with E-state index in [0.29, 0.717) is 30.0 Å². The number of aromatic nitrogens is 3. The number of aryl methyl sites for hydroxylation is 2. The summed E-state index contributed by atoms with van der Waals surface area (Å²) in [6.07, 6.45) is -0.127. The van der Waals surface area contributed by atoms with Crippen LogP contribution < -0.4 is 8.92 Å². The molecule has 11 heteroatoms. The van der Waals surface area contributed by atoms with Gasteiger partial charge < -0.3 is 14.0 Å². The highest BCUT2D eigenvalue weighted by Crippen LogP contribution is 2.36. The number of benzene rings is 3. The number of carboxylic acid groups (broad SMARTS) is 1. The lowest BCUT2D eigenvalue weighted by molar-refractivity contribution is -0.137. The Morgan fingerprint density at radius 2 is 1.89 bits per heavy atom. The van der Waals surface area contributed by atoms with E-state index in [1.165, 1.54) is 4.31 Å². The fourth-order valence-electron chi connectivity index (χ4n) is 5.25. The number of fused-ring (bicyclic) bond motifs is 3. The smallest absolute Gasteiger partial charge is 0.385 e. The molecular formula is C27H26N4O6S. The maximum absolute atomic E-state index is 13.0. The number of aliphatic carboxylic acids is 1. The molecule has 1 N–H and O–H groups in total. The molecular weight excluding hydrogens is 508 g/mol. The molecule has 9 bridgehead atoms. The number of carboxylic acids is 1. The minimum atomic E-state index is -4.02. The van der Waals surface area contributed by atoms with Crippen molar-refractivity contribution in [3.05, 3.63) is 81.9 Å². The lowest BCUT2D eigenvalue weighted by Gasteiger charge is -2.29. The van der Waals surface area contributed by atoms with Crippen molar-refractivity contribution in [1.29, 1.82) is 0 Å². The lowest BCUT2D eigenvalue weighted by atomic mass is 9.84. The van der Waals surface area contributed by atoms with Gasteiger partial charge in [0.2, 0.25) is 0 Å². The van der Waals surface area contributed by atoms with Crippen LogP contribution in [-0.4, -0.2) is 45.4 Å². The summed E-state index contributed by atoms with van der Waals surface area (Å²) in [4.78, 5) is 11.9. The predicted octanol–water partition coefficient (Wildman–Crippen LogP) is 3.69. The third-order valence-electron chi connectivity index (χ3n) is 7.32. The number of ether oxygens (including phenoxy) is 1. The summed E-state index contributed by atoms with van der Waals surface area (Å²) in [5.74, 6) is -0.506. The molecule has 7 rings (SSSR count). The van der Waals surface area contributed by atoms with E-state index in [1.807, 2.05) is 44.2 Å². The van der Waals surface area contributed by atoms with Crippen LogP contribution in [0.4, 0.5) is 0 Å². The first-order chi connectivity index (χ1) is 18.2. The molecule has 1 aromatic heterocycles. The maximum atomic E-state index is 13.0. The fraction of sp³-hybridized carbons (Fsp3) is 0.296. The largest absolute Gasteiger partial charge is 0.492 e. The Morgan fingerprint density at radius 3 is 2.71 bits per heavy atom. The van der Waals surface area contributed by atoms with Crippen molar-refractivity contribution in [2.24, 2.45) is 0 Å². The van der Waals surface area contributed by atoms with Gasteiger partial charge in [0.05, 0.1) is 18.5 Å². The van der Waals surface area contributed by atoms with Crippen LogP contribution >= 0.6 is 0 Å². The quantitative estimate of drug-likeness (QED) is 0.413. The molecule has 3 aliphatic rings. The van der Waals surface area contributed by atoms with Crippen LogP contribution in [0.1, 0.15) is 45.7 Å². The monoisotopic (exact) mass is 534 g/mol. The standard InChI is InChI=1S/C27H26N4O6S/c1-16-3-4-18-11-19(16)14-30-15-20-12-21(5-8-25(20)37-38(30,34)35)36-10-9-31-24-7-6-22(23(18)13-26(32)33)17(2)27(24)28-29-31/h3-8,11-12,23H,9-10,13-15H2,1-2H3,(H,32,33). The Hall–Kier alpha value is -3.96. The van der Waals surface area contributed by atoms with Crippen molar-refractivity contribution in [3.63, 3.8) is 0 Å². The van der Waals surface area contributed by atoms with Crippen molar-refractivity contribution < 1.29 is 27.2 Å². The molecule has 2 unspecified atom stereocenters. The van der Waals surface area contributed by atoms with Crippen LogP contribution in [0.2, 0.25) is 0 Å². The summed E-state index contributed by atoms with van der Waals surface area (Å²) in [5.41, 5.74) is 6.40. The second-order valence-electron chi connectivity index (χ2n) is 9.72. The molecule has 0 amide bonds. The summed E-state index contributed by atoms with van der Waals surface area (Å²) in [7, 11) is -4.02. The van der Waals surface area contributed by atoms with E-state index in [9.17, 15) is 18.3 Å². The third kappa shape index (κ3) is 4.27. The average Bonchev–Trinajstić information content (AvgIpc) is 3.28. The molecule has 10 nitrogen and oxygen atoms in total. The minimum absolute atomic E-state index is 0.0820. The van der Waals surface area contributed by atoms with Crippen LogP contribution in [-0.2, 0) is 34.7 Å². The highest BCUT2D eigenvalue weighted by Gasteiger charge is 2.33. The van der Waals surface area contributed by atoms with Crippen LogP contribution in [0.5, 0.6) is 11.5 Å². The summed E-state index contributed by atoms with van der Waals surface area (Å²) < 4.78 is 40.4. The fourth-order valence-corrected chi connectivity index (χ4v) is 6.34. The Labute approximate surface area is 219 Å². The van der Waals surface area contributed by atoms with E-state index in [0.717, 1.165) is 33.3 Å². The lowest BCUT2D eigenvalue weighted by Crippen LogP contribution is -2.37. The zero-order valence-corrected chi connectivity index (χ0v) is 21.7. The number of rotatable bonds is 2. The highest BCUT2D eigenvalue weighted by molar-refractivity contribution is 7.84. The minimum Gasteiger partial charge on any atom is -0.492 e. The third-order valence-corrected chi connectivity index (χ3v) is 8.60. The molecule has 0 saturated carbocycles. The molecule has 0 spiro atoms. The van der Waals surface area contributed by atoms with Gasteiger partial charge in [-0.2, -0.15) is 12.7 Å². The molecule has 3 aromatic carbocycles. The SMILES string of the molecule is Cc1ccc2cc1CN1Cc3cc(ccc3OS1(=O)=O)OCCn1nnc3c(C)c(ccc31)C2CC(=O)O. The first-order valence-electron chi connectivity index (χ1n) is 12.3. The van der Waals surface area contributed by atoms with E-state index in [4.69, 9.17) is 8.92 Å². The zero-order chi connectivity index (χ0) is 26.6. The predicted molar refractivity (Wildman–Crippen MR) is 138 cm³/mol. The van der Waals surface area contributed by atoms with Gasteiger partial charge in [0.25, 0.3) is 0 Å². The van der Waals surface area contributed by atoms with Crippen molar-refractivity contribution in [2.75, 3.05) is 6.61 Å². The number of hydrogen-bond acceptors (Lipinski definition) is 7. The summed E-state index contributed by atoms with van der Waals surface area (Å²) in [5, 5.41) is 18.5. The first kappa shape index (κ1) is 24.4. The van der Waals surface area contributed by atoms with E-state index < -0.39 is 22.2 Å². The molecule has 3 aliphatic heterocycles. The van der Waals surface area contributed by atoms with Gasteiger partial charge in [-0.15, -0.1) is 5.10 Å². The van der Waals surface area contributed by atoms with Crippen LogP contribution in [0.25, 0.3) is 11.0 Å². The van der Waals surface area contributed by atoms with E-state index in [1.54, 1.807) is 22.9 Å². The van der Waals surface area contributed by atoms with E-state index >= 15 is 0 Å². The molecule has 4 heterocycles. The van der Waals surface area contributed by atoms with Crippen LogP contribution in [0.3, 0.4) is 0 Å². The molecule has 0 fully saturated rings. The van der Waals surface area contributed by atoms with Gasteiger partial charge in [-0.25, -0.2) is 4.68 Å². The summed E-state index contributed by atoms with van der Waals surface area (Å²) in [6.45, 7) is 4.81. The molecule has 196 valence electrons. The Bertz CT molecular complexity index is 1700. The highest BCUT2D eigenvalue weighted by atomic mass is 32.2. The summed E-state index contributed by atoms with van der Waals surface area (Å²) in [6, 6.07) is 14.7. The maximum Gasteiger partial charge on any atom is 0.385 e. The topological polar surface area (TPSA) is 124 Å². The van der Waals surface area contributed by atoms with Crippen molar-refractivity contribution >= 4 is 27.3 Å². The van der Waals surface area contributed by atoms with Gasteiger partial charge in [-0.3, -0.25) is 4.79 Å². The molecule has 0 saturated heterocycles. The first-order valence-corrected chi connectivity index (χ1v) is 13.7. The molecule has 38 heavy (non-hydrogen) atoms. The van der Waals surface area contributed by atoms with Gasteiger partial charge in [0, 0.05) is 24.6 Å². The molecule has 4 aromatic rings. The number of nitrogens with zero attached hydrogens (tertiary/aromatic N) is 4. The second kappa shape index (κ2) is 9.10. The van der Waals surface area contributed by atoms with Crippen molar-refractivity contribution in [1.82, 2.24) is 19.3 Å². The van der Waals surface area contributed by atoms with Gasteiger partial charge >= 0.3 is 16.3 Å². The van der Waals surface area contributed by atoms with Gasteiger partial charge in [0.15, 0.2) is 0 Å². The van der Waals surface area contributed by atoms with Gasteiger partial charge in [0.1, 0.15) is 23.6 Å². The molecule has 0 radical (unpaired) electrons.